The molecule has 0 unspecified atom stereocenters. The minimum Gasteiger partial charge on any atom is -0.304 e. The molecule has 0 saturated heterocycles. The van der Waals surface area contributed by atoms with Crippen LogP contribution in [-0.2, 0) is 13.6 Å². The highest BCUT2D eigenvalue weighted by Crippen LogP contribution is 2.68. The topological polar surface area (TPSA) is 35.5 Å². The standard InChI is InChI=1S/C9H14BrF2O3PS/c1-3-14-16(13,15-4-2)9(11,12)8-7(10)5-6-17-8/h3-6H2,1-2H3. The number of hydrogen-bond donors (Lipinski definition) is 0. The Labute approximate surface area is 112 Å². The molecular formula is C9H14BrF2O3PS. The number of hydrogen-bond acceptors (Lipinski definition) is 4. The van der Waals surface area contributed by atoms with E-state index in [4.69, 9.17) is 9.05 Å². The minimum absolute atomic E-state index is 0.0809. The minimum atomic E-state index is -4.45. The maximum atomic E-state index is 14.2. The highest BCUT2D eigenvalue weighted by Gasteiger charge is 2.57. The van der Waals surface area contributed by atoms with Crippen LogP contribution in [0.2, 0.25) is 0 Å². The van der Waals surface area contributed by atoms with Crippen LogP contribution in [0, 0.1) is 0 Å². The molecule has 0 saturated carbocycles. The van der Waals surface area contributed by atoms with Gasteiger partial charge in [0, 0.05) is 10.2 Å². The van der Waals surface area contributed by atoms with E-state index in [1.54, 1.807) is 0 Å². The van der Waals surface area contributed by atoms with E-state index in [0.717, 1.165) is 11.8 Å². The average Bonchev–Trinajstić information content (AvgIpc) is 2.65. The van der Waals surface area contributed by atoms with Crippen LogP contribution in [-0.4, -0.2) is 24.6 Å². The van der Waals surface area contributed by atoms with Crippen molar-refractivity contribution in [2.24, 2.45) is 0 Å². The van der Waals surface area contributed by atoms with Gasteiger partial charge in [-0.1, -0.05) is 15.9 Å². The van der Waals surface area contributed by atoms with Crippen molar-refractivity contribution in [1.29, 1.82) is 0 Å². The second-order valence-corrected chi connectivity index (χ2v) is 7.34. The van der Waals surface area contributed by atoms with Crippen molar-refractivity contribution in [3.05, 3.63) is 9.39 Å². The summed E-state index contributed by atoms with van der Waals surface area (Å²) in [5, 5.41) is 0. The van der Waals surface area contributed by atoms with Gasteiger partial charge in [-0.05, 0) is 20.3 Å². The maximum absolute atomic E-state index is 14.2. The van der Waals surface area contributed by atoms with Gasteiger partial charge in [0.05, 0.1) is 18.1 Å². The quantitative estimate of drug-likeness (QED) is 0.656. The molecule has 0 atom stereocenters. The Morgan fingerprint density at radius 1 is 1.41 bits per heavy atom. The van der Waals surface area contributed by atoms with E-state index in [2.05, 4.69) is 15.9 Å². The van der Waals surface area contributed by atoms with Crippen LogP contribution < -0.4 is 0 Å². The average molecular weight is 351 g/mol. The van der Waals surface area contributed by atoms with Crippen molar-refractivity contribution in [1.82, 2.24) is 0 Å². The highest BCUT2D eigenvalue weighted by molar-refractivity contribution is 9.11. The van der Waals surface area contributed by atoms with E-state index in [1.807, 2.05) is 0 Å². The number of alkyl halides is 2. The molecule has 100 valence electrons. The Hall–Kier alpha value is 0.580. The molecule has 3 nitrogen and oxygen atoms in total. The number of allylic oxidation sites excluding steroid dienone is 2. The van der Waals surface area contributed by atoms with Gasteiger partial charge in [-0.3, -0.25) is 4.57 Å². The van der Waals surface area contributed by atoms with Gasteiger partial charge in [0.2, 0.25) is 0 Å². The third-order valence-corrected chi connectivity index (χ3v) is 6.54. The van der Waals surface area contributed by atoms with Crippen molar-refractivity contribution in [3.63, 3.8) is 0 Å². The van der Waals surface area contributed by atoms with Gasteiger partial charge in [0.1, 0.15) is 0 Å². The predicted octanol–water partition coefficient (Wildman–Crippen LogP) is 4.59. The first kappa shape index (κ1) is 15.6. The van der Waals surface area contributed by atoms with Gasteiger partial charge < -0.3 is 9.05 Å². The molecule has 1 heterocycles. The number of halogens is 3. The predicted molar refractivity (Wildman–Crippen MR) is 68.8 cm³/mol. The van der Waals surface area contributed by atoms with Crippen molar-refractivity contribution >= 4 is 35.3 Å². The molecule has 17 heavy (non-hydrogen) atoms. The smallest absolute Gasteiger partial charge is 0.304 e. The summed E-state index contributed by atoms with van der Waals surface area (Å²) in [6.45, 7) is 2.85. The molecule has 0 aromatic carbocycles. The van der Waals surface area contributed by atoms with Gasteiger partial charge in [-0.15, -0.1) is 11.8 Å². The first-order chi connectivity index (χ1) is 7.89. The fraction of sp³-hybridized carbons (Fsp3) is 0.778. The SMILES string of the molecule is CCOP(=O)(OCC)C(F)(F)C1=C(Br)CCS1. The van der Waals surface area contributed by atoms with Gasteiger partial charge >= 0.3 is 13.3 Å². The Balaban J connectivity index is 3.08. The van der Waals surface area contributed by atoms with Gasteiger partial charge in [0.15, 0.2) is 0 Å². The van der Waals surface area contributed by atoms with Crippen LogP contribution in [0.5, 0.6) is 0 Å². The van der Waals surface area contributed by atoms with Crippen LogP contribution in [0.1, 0.15) is 20.3 Å². The van der Waals surface area contributed by atoms with E-state index in [0.29, 0.717) is 16.7 Å². The monoisotopic (exact) mass is 350 g/mol. The van der Waals surface area contributed by atoms with Gasteiger partial charge in [-0.2, -0.15) is 8.78 Å². The van der Waals surface area contributed by atoms with E-state index >= 15 is 0 Å². The van der Waals surface area contributed by atoms with Gasteiger partial charge in [0.25, 0.3) is 0 Å². The zero-order valence-electron chi connectivity index (χ0n) is 9.54. The lowest BCUT2D eigenvalue weighted by molar-refractivity contribution is 0.0763. The third-order valence-electron chi connectivity index (χ3n) is 2.03. The first-order valence-electron chi connectivity index (χ1n) is 5.18. The molecule has 1 rings (SSSR count). The molecule has 1 aliphatic heterocycles. The van der Waals surface area contributed by atoms with E-state index < -0.39 is 13.3 Å². The van der Waals surface area contributed by atoms with Crippen LogP contribution in [0.3, 0.4) is 0 Å². The zero-order valence-corrected chi connectivity index (χ0v) is 12.8. The summed E-state index contributed by atoms with van der Waals surface area (Å²) >= 11 is 4.07. The second-order valence-electron chi connectivity index (χ2n) is 3.21. The van der Waals surface area contributed by atoms with E-state index in [9.17, 15) is 13.3 Å². The summed E-state index contributed by atoms with van der Waals surface area (Å²) < 4.78 is 50.3. The Kier molecular flexibility index (Phi) is 5.66. The molecule has 1 aliphatic rings. The van der Waals surface area contributed by atoms with E-state index in [1.165, 1.54) is 13.8 Å². The lowest BCUT2D eigenvalue weighted by Crippen LogP contribution is -2.21. The second kappa shape index (κ2) is 6.15. The summed E-state index contributed by atoms with van der Waals surface area (Å²) in [5.74, 6) is 0.545. The number of rotatable bonds is 6. The zero-order chi connectivity index (χ0) is 13.1. The summed E-state index contributed by atoms with van der Waals surface area (Å²) in [7, 11) is -4.45. The van der Waals surface area contributed by atoms with Crippen LogP contribution in [0.25, 0.3) is 0 Å². The molecule has 0 N–H and O–H groups in total. The molecule has 0 aromatic heterocycles. The Morgan fingerprint density at radius 2 is 1.94 bits per heavy atom. The Bertz CT molecular complexity index is 352. The summed E-state index contributed by atoms with van der Waals surface area (Å²) in [6.07, 6.45) is 0.508. The van der Waals surface area contributed by atoms with Crippen LogP contribution in [0.15, 0.2) is 9.39 Å². The summed E-state index contributed by atoms with van der Waals surface area (Å²) in [6, 6.07) is 0. The summed E-state index contributed by atoms with van der Waals surface area (Å²) in [5.41, 5.74) is -3.58. The molecule has 0 amide bonds. The van der Waals surface area contributed by atoms with Gasteiger partial charge in [-0.25, -0.2) is 0 Å². The lowest BCUT2D eigenvalue weighted by atomic mass is 10.4. The molecule has 0 aliphatic carbocycles. The van der Waals surface area contributed by atoms with E-state index in [-0.39, 0.29) is 18.1 Å². The van der Waals surface area contributed by atoms with Crippen molar-refractivity contribution < 1.29 is 22.4 Å². The van der Waals surface area contributed by atoms with Crippen LogP contribution >= 0.6 is 35.3 Å². The molecule has 0 fully saturated rings. The molecule has 0 aromatic rings. The maximum Gasteiger partial charge on any atom is 0.405 e. The number of thioether (sulfide) groups is 1. The fourth-order valence-electron chi connectivity index (χ4n) is 1.35. The molecular weight excluding hydrogens is 337 g/mol. The Morgan fingerprint density at radius 3 is 2.29 bits per heavy atom. The van der Waals surface area contributed by atoms with Crippen LogP contribution in [0.4, 0.5) is 8.78 Å². The normalized spacial score (nSPS) is 17.9. The van der Waals surface area contributed by atoms with Crippen molar-refractivity contribution in [2.75, 3.05) is 19.0 Å². The lowest BCUT2D eigenvalue weighted by Gasteiger charge is -2.26. The molecule has 0 spiro atoms. The molecule has 0 bridgehead atoms. The fourth-order valence-corrected chi connectivity index (χ4v) is 5.49. The van der Waals surface area contributed by atoms with Crippen molar-refractivity contribution in [3.8, 4) is 0 Å². The van der Waals surface area contributed by atoms with Crippen molar-refractivity contribution in [2.45, 2.75) is 25.9 Å². The largest absolute Gasteiger partial charge is 0.405 e. The highest BCUT2D eigenvalue weighted by atomic mass is 79.9. The molecule has 8 heteroatoms. The molecule has 0 radical (unpaired) electrons. The first-order valence-corrected chi connectivity index (χ1v) is 8.50. The third kappa shape index (κ3) is 3.13. The summed E-state index contributed by atoms with van der Waals surface area (Å²) in [4.78, 5) is -0.234.